The Hall–Kier alpha value is -3.13. The van der Waals surface area contributed by atoms with Gasteiger partial charge >= 0.3 is 0 Å². The fraction of sp³-hybridized carbons (Fsp3) is 0.316. The molecule has 8 heteroatoms. The molecule has 2 aromatic rings. The Morgan fingerprint density at radius 3 is 2.30 bits per heavy atom. The first-order valence-electron chi connectivity index (χ1n) is 8.79. The minimum absolute atomic E-state index is 0.0244. The van der Waals surface area contributed by atoms with Crippen LogP contribution in [-0.4, -0.2) is 42.7 Å². The standard InChI is InChI=1S/C19H20N4O4/c1-27-13-6-8-22(9-7-13)11-2-4-12(5-3-11)23-15(24)10-14-16(17(23)20)19(26)21-18(14)25/h2-5,10,13H,6-9,20H2,1H3,(H,21,25,26). The summed E-state index contributed by atoms with van der Waals surface area (Å²) < 4.78 is 6.64. The van der Waals surface area contributed by atoms with Crippen molar-refractivity contribution < 1.29 is 14.3 Å². The number of pyridine rings is 1. The Bertz CT molecular complexity index is 972. The van der Waals surface area contributed by atoms with Gasteiger partial charge in [0.15, 0.2) is 0 Å². The smallest absolute Gasteiger partial charge is 0.262 e. The van der Waals surface area contributed by atoms with Crippen molar-refractivity contribution in [3.8, 4) is 5.69 Å². The van der Waals surface area contributed by atoms with Crippen molar-refractivity contribution in [1.29, 1.82) is 0 Å². The summed E-state index contributed by atoms with van der Waals surface area (Å²) in [5.74, 6) is -1.21. The van der Waals surface area contributed by atoms with Gasteiger partial charge in [-0.05, 0) is 37.1 Å². The van der Waals surface area contributed by atoms with Crippen molar-refractivity contribution in [3.63, 3.8) is 0 Å². The van der Waals surface area contributed by atoms with Crippen LogP contribution < -0.4 is 21.5 Å². The van der Waals surface area contributed by atoms with Gasteiger partial charge in [0.2, 0.25) is 0 Å². The molecule has 3 N–H and O–H groups in total. The number of fused-ring (bicyclic) bond motifs is 1. The second-order valence-corrected chi connectivity index (χ2v) is 6.71. The number of hydrogen-bond acceptors (Lipinski definition) is 6. The molecule has 1 fully saturated rings. The van der Waals surface area contributed by atoms with E-state index in [1.54, 1.807) is 19.2 Å². The normalized spacial score (nSPS) is 17.1. The molecule has 1 aromatic heterocycles. The maximum atomic E-state index is 12.5. The first kappa shape index (κ1) is 17.3. The van der Waals surface area contributed by atoms with E-state index in [2.05, 4.69) is 10.2 Å². The van der Waals surface area contributed by atoms with E-state index in [4.69, 9.17) is 10.5 Å². The molecule has 4 rings (SSSR count). The number of nitrogens with one attached hydrogen (secondary N) is 1. The van der Waals surface area contributed by atoms with E-state index in [9.17, 15) is 14.4 Å². The summed E-state index contributed by atoms with van der Waals surface area (Å²) in [5.41, 5.74) is 7.27. The van der Waals surface area contributed by atoms with Gasteiger partial charge in [-0.3, -0.25) is 24.3 Å². The summed E-state index contributed by atoms with van der Waals surface area (Å²) >= 11 is 0. The van der Waals surface area contributed by atoms with Crippen molar-refractivity contribution in [2.24, 2.45) is 0 Å². The number of anilines is 2. The number of carbonyl (C=O) groups is 2. The van der Waals surface area contributed by atoms with E-state index in [0.717, 1.165) is 37.7 Å². The largest absolute Gasteiger partial charge is 0.384 e. The molecule has 0 atom stereocenters. The third-order valence-corrected chi connectivity index (χ3v) is 5.20. The zero-order valence-electron chi connectivity index (χ0n) is 14.9. The number of carbonyl (C=O) groups excluding carboxylic acids is 2. The molecule has 0 radical (unpaired) electrons. The van der Waals surface area contributed by atoms with Crippen molar-refractivity contribution in [2.45, 2.75) is 18.9 Å². The van der Waals surface area contributed by atoms with Crippen LogP contribution in [-0.2, 0) is 4.74 Å². The van der Waals surface area contributed by atoms with Crippen molar-refractivity contribution in [3.05, 3.63) is 51.8 Å². The number of methoxy groups -OCH3 is 1. The number of amides is 2. The number of piperidine rings is 1. The van der Waals surface area contributed by atoms with Crippen LogP contribution in [0.15, 0.2) is 35.1 Å². The summed E-state index contributed by atoms with van der Waals surface area (Å²) in [6.07, 6.45) is 2.25. The van der Waals surface area contributed by atoms with Gasteiger partial charge in [-0.25, -0.2) is 0 Å². The van der Waals surface area contributed by atoms with Crippen molar-refractivity contribution in [1.82, 2.24) is 9.88 Å². The molecule has 2 amide bonds. The zero-order valence-corrected chi connectivity index (χ0v) is 14.9. The summed E-state index contributed by atoms with van der Waals surface area (Å²) in [7, 11) is 1.74. The number of nitrogen functional groups attached to an aromatic ring is 1. The maximum absolute atomic E-state index is 12.5. The molecular formula is C19H20N4O4. The van der Waals surface area contributed by atoms with E-state index in [0.29, 0.717) is 11.8 Å². The fourth-order valence-corrected chi connectivity index (χ4v) is 3.71. The molecule has 0 aliphatic carbocycles. The summed E-state index contributed by atoms with van der Waals surface area (Å²) in [6, 6.07) is 8.57. The lowest BCUT2D eigenvalue weighted by Crippen LogP contribution is -2.36. The predicted molar refractivity (Wildman–Crippen MR) is 100 cm³/mol. The van der Waals surface area contributed by atoms with Gasteiger partial charge in [0, 0.05) is 32.0 Å². The Labute approximate surface area is 155 Å². The minimum Gasteiger partial charge on any atom is -0.384 e. The Morgan fingerprint density at radius 2 is 1.67 bits per heavy atom. The average molecular weight is 368 g/mol. The number of aromatic nitrogens is 1. The highest BCUT2D eigenvalue weighted by Crippen LogP contribution is 2.25. The summed E-state index contributed by atoms with van der Waals surface area (Å²) in [4.78, 5) is 38.4. The number of nitrogens with two attached hydrogens (primary N) is 1. The van der Waals surface area contributed by atoms with Crippen LogP contribution in [0, 0.1) is 0 Å². The van der Waals surface area contributed by atoms with Gasteiger partial charge in [0.05, 0.1) is 22.9 Å². The number of imide groups is 1. The molecule has 1 saturated heterocycles. The van der Waals surface area contributed by atoms with Gasteiger partial charge in [-0.15, -0.1) is 0 Å². The van der Waals surface area contributed by atoms with Crippen LogP contribution in [0.3, 0.4) is 0 Å². The fourth-order valence-electron chi connectivity index (χ4n) is 3.71. The first-order chi connectivity index (χ1) is 13.0. The zero-order chi connectivity index (χ0) is 19.1. The molecule has 0 saturated carbocycles. The van der Waals surface area contributed by atoms with E-state index < -0.39 is 17.4 Å². The molecule has 8 nitrogen and oxygen atoms in total. The molecule has 140 valence electrons. The third-order valence-electron chi connectivity index (χ3n) is 5.20. The molecule has 0 spiro atoms. The molecular weight excluding hydrogens is 348 g/mol. The molecule has 0 bridgehead atoms. The van der Waals surface area contributed by atoms with E-state index in [1.807, 2.05) is 12.1 Å². The number of benzene rings is 1. The monoisotopic (exact) mass is 368 g/mol. The van der Waals surface area contributed by atoms with Gasteiger partial charge in [0.25, 0.3) is 17.4 Å². The Kier molecular flexibility index (Phi) is 4.19. The Morgan fingerprint density at radius 1 is 1.04 bits per heavy atom. The molecule has 2 aliphatic heterocycles. The predicted octanol–water partition coefficient (Wildman–Crippen LogP) is 0.918. The third kappa shape index (κ3) is 2.87. The van der Waals surface area contributed by atoms with Crippen LogP contribution in [0.1, 0.15) is 33.6 Å². The van der Waals surface area contributed by atoms with E-state index >= 15 is 0 Å². The first-order valence-corrected chi connectivity index (χ1v) is 8.79. The second kappa shape index (κ2) is 6.55. The topological polar surface area (TPSA) is 107 Å². The van der Waals surface area contributed by atoms with Gasteiger partial charge in [-0.2, -0.15) is 0 Å². The van der Waals surface area contributed by atoms with E-state index in [-0.39, 0.29) is 16.9 Å². The number of ether oxygens (including phenoxy) is 1. The molecule has 3 heterocycles. The van der Waals surface area contributed by atoms with Crippen LogP contribution in [0.5, 0.6) is 0 Å². The number of rotatable bonds is 3. The van der Waals surface area contributed by atoms with Gasteiger partial charge in [0.1, 0.15) is 5.82 Å². The molecule has 2 aliphatic rings. The molecule has 1 aromatic carbocycles. The second-order valence-electron chi connectivity index (χ2n) is 6.71. The molecule has 0 unspecified atom stereocenters. The van der Waals surface area contributed by atoms with Gasteiger partial charge < -0.3 is 15.4 Å². The Balaban J connectivity index is 1.66. The average Bonchev–Trinajstić information content (AvgIpc) is 2.96. The lowest BCUT2D eigenvalue weighted by Gasteiger charge is -2.33. The number of nitrogens with zero attached hydrogens (tertiary/aromatic N) is 2. The number of hydrogen-bond donors (Lipinski definition) is 2. The quantitative estimate of drug-likeness (QED) is 0.780. The van der Waals surface area contributed by atoms with E-state index in [1.165, 1.54) is 4.57 Å². The highest BCUT2D eigenvalue weighted by Gasteiger charge is 2.31. The highest BCUT2D eigenvalue weighted by atomic mass is 16.5. The summed E-state index contributed by atoms with van der Waals surface area (Å²) in [6.45, 7) is 1.81. The maximum Gasteiger partial charge on any atom is 0.262 e. The van der Waals surface area contributed by atoms with Crippen molar-refractivity contribution >= 4 is 23.3 Å². The lowest BCUT2D eigenvalue weighted by molar-refractivity contribution is 0.0819. The minimum atomic E-state index is -0.597. The van der Waals surface area contributed by atoms with Gasteiger partial charge in [-0.1, -0.05) is 0 Å². The van der Waals surface area contributed by atoms with Crippen LogP contribution >= 0.6 is 0 Å². The highest BCUT2D eigenvalue weighted by molar-refractivity contribution is 6.23. The molecule has 27 heavy (non-hydrogen) atoms. The lowest BCUT2D eigenvalue weighted by atomic mass is 10.1. The van der Waals surface area contributed by atoms with Crippen molar-refractivity contribution in [2.75, 3.05) is 30.8 Å². The van der Waals surface area contributed by atoms with Crippen LogP contribution in [0.25, 0.3) is 5.69 Å². The van der Waals surface area contributed by atoms with Crippen LogP contribution in [0.2, 0.25) is 0 Å². The summed E-state index contributed by atoms with van der Waals surface area (Å²) in [5, 5.41) is 2.16. The SMILES string of the molecule is COC1CCN(c2ccc(-n3c(N)c4c(cc3=O)C(=O)NC4=O)cc2)CC1. The van der Waals surface area contributed by atoms with Crippen LogP contribution in [0.4, 0.5) is 11.5 Å².